The fourth-order valence-electron chi connectivity index (χ4n) is 5.65. The molecule has 3 N–H and O–H groups in total. The molecule has 12 nitrogen and oxygen atoms in total. The van der Waals surface area contributed by atoms with Crippen LogP contribution in [0.5, 0.6) is 5.88 Å². The van der Waals surface area contributed by atoms with Gasteiger partial charge in [0.1, 0.15) is 29.5 Å². The number of likely N-dealkylation sites (tertiary alicyclic amines) is 1. The first-order valence-corrected chi connectivity index (χ1v) is 17.3. The van der Waals surface area contributed by atoms with Crippen LogP contribution < -0.4 is 14.8 Å². The molecule has 3 fully saturated rings. The number of nitrogens with one attached hydrogen (secondary N) is 2. The molecule has 0 radical (unpaired) electrons. The molecule has 1 aliphatic heterocycles. The highest BCUT2D eigenvalue weighted by molar-refractivity contribution is 7.91. The largest absolute Gasteiger partial charge is 0.471 e. The van der Waals surface area contributed by atoms with E-state index in [1.807, 2.05) is 41.8 Å². The van der Waals surface area contributed by atoms with E-state index in [1.165, 1.54) is 22.3 Å². The second-order valence-electron chi connectivity index (χ2n) is 12.2. The third-order valence-electron chi connectivity index (χ3n) is 8.55. The molecular weight excluding hydrogens is 619 g/mol. The van der Waals surface area contributed by atoms with Crippen molar-refractivity contribution in [2.75, 3.05) is 6.54 Å². The molecule has 5 atom stereocenters. The molecule has 1 aromatic carbocycles. The molecule has 45 heavy (non-hydrogen) atoms. The van der Waals surface area contributed by atoms with E-state index in [0.29, 0.717) is 29.6 Å². The summed E-state index contributed by atoms with van der Waals surface area (Å²) in [7, 11) is -3.86. The molecule has 2 aromatic heterocycles. The average molecular weight is 654 g/mol. The third-order valence-corrected chi connectivity index (χ3v) is 11.2. The molecule has 1 saturated heterocycles. The van der Waals surface area contributed by atoms with Gasteiger partial charge < -0.3 is 20.1 Å². The maximum Gasteiger partial charge on any atom is 0.259 e. The first-order valence-electron chi connectivity index (χ1n) is 14.9. The molecule has 0 unspecified atom stereocenters. The lowest BCUT2D eigenvalue weighted by Gasteiger charge is -2.28. The number of carbonyl (C=O) groups is 3. The highest BCUT2D eigenvalue weighted by atomic mass is 32.2. The molecular formula is C31H35N5O7S2. The standard InChI is InChI=1S/C31H35N5O7S2/c1-4-18-15-31(18,30(40)35-45(41,42)20-11-12-20)34-27(38)23-14-19(16-36(23)29(39)26(37)17(2)3)43-28-25(24-10-7-13-44-24)32-21-8-5-6-9-22(21)33-28/h4-10,13,17-20,23,26,37H,1,11-12,14-16H2,2-3H3,(H,34,38)(H,35,40)/t18-,19-,23+,26+,31-/m1/s1. The van der Waals surface area contributed by atoms with Gasteiger partial charge in [0.2, 0.25) is 21.8 Å². The summed E-state index contributed by atoms with van der Waals surface area (Å²) in [5.41, 5.74) is 0.307. The van der Waals surface area contributed by atoms with E-state index >= 15 is 0 Å². The van der Waals surface area contributed by atoms with Crippen LogP contribution >= 0.6 is 11.3 Å². The van der Waals surface area contributed by atoms with Crippen LogP contribution in [-0.4, -0.2) is 81.7 Å². The highest BCUT2D eigenvalue weighted by Gasteiger charge is 2.62. The van der Waals surface area contributed by atoms with Gasteiger partial charge in [-0.1, -0.05) is 38.1 Å². The van der Waals surface area contributed by atoms with Gasteiger partial charge in [0.05, 0.1) is 27.7 Å². The van der Waals surface area contributed by atoms with Crippen LogP contribution in [0, 0.1) is 11.8 Å². The predicted octanol–water partition coefficient (Wildman–Crippen LogP) is 2.39. The van der Waals surface area contributed by atoms with Crippen molar-refractivity contribution < 1.29 is 32.6 Å². The first-order chi connectivity index (χ1) is 21.4. The van der Waals surface area contributed by atoms with Crippen molar-refractivity contribution in [2.45, 2.75) is 68.6 Å². The zero-order chi connectivity index (χ0) is 32.1. The Kier molecular flexibility index (Phi) is 8.16. The number of rotatable bonds is 11. The van der Waals surface area contributed by atoms with E-state index in [-0.39, 0.29) is 25.3 Å². The molecule has 2 saturated carbocycles. The van der Waals surface area contributed by atoms with Gasteiger partial charge in [-0.3, -0.25) is 19.1 Å². The minimum atomic E-state index is -3.86. The second-order valence-corrected chi connectivity index (χ2v) is 15.1. The van der Waals surface area contributed by atoms with Gasteiger partial charge in [-0.05, 0) is 48.8 Å². The minimum absolute atomic E-state index is 0.0285. The fourth-order valence-corrected chi connectivity index (χ4v) is 7.72. The average Bonchev–Trinajstić information content (AvgIpc) is 3.89. The number of sulfonamides is 1. The van der Waals surface area contributed by atoms with E-state index in [2.05, 4.69) is 16.6 Å². The summed E-state index contributed by atoms with van der Waals surface area (Å²) in [5, 5.41) is 14.7. The van der Waals surface area contributed by atoms with Gasteiger partial charge in [0, 0.05) is 12.3 Å². The van der Waals surface area contributed by atoms with Gasteiger partial charge >= 0.3 is 0 Å². The van der Waals surface area contributed by atoms with Crippen molar-refractivity contribution in [2.24, 2.45) is 11.8 Å². The van der Waals surface area contributed by atoms with Crippen molar-refractivity contribution in [1.82, 2.24) is 24.9 Å². The van der Waals surface area contributed by atoms with E-state index in [9.17, 15) is 27.9 Å². The highest BCUT2D eigenvalue weighted by Crippen LogP contribution is 2.45. The van der Waals surface area contributed by atoms with Gasteiger partial charge in [-0.25, -0.2) is 18.4 Å². The van der Waals surface area contributed by atoms with Gasteiger partial charge in [-0.15, -0.1) is 17.9 Å². The molecule has 0 spiro atoms. The van der Waals surface area contributed by atoms with Gasteiger partial charge in [0.25, 0.3) is 11.8 Å². The number of aromatic nitrogens is 2. The number of hydrogen-bond donors (Lipinski definition) is 3. The Bertz CT molecular complexity index is 1760. The van der Waals surface area contributed by atoms with Gasteiger partial charge in [0.15, 0.2) is 0 Å². The second kappa shape index (κ2) is 11.8. The number of amides is 3. The lowest BCUT2D eigenvalue weighted by Crippen LogP contribution is -2.57. The monoisotopic (exact) mass is 653 g/mol. The normalized spacial score (nSPS) is 25.2. The molecule has 6 rings (SSSR count). The maximum atomic E-state index is 13.9. The SMILES string of the molecule is C=C[C@@H]1C[C@]1(NC(=O)[C@@H]1C[C@@H](Oc2nc3ccccc3nc2-c2cccs2)CN1C(=O)[C@@H](O)C(C)C)C(=O)NS(=O)(=O)C1CC1. The van der Waals surface area contributed by atoms with Crippen molar-refractivity contribution in [3.63, 3.8) is 0 Å². The zero-order valence-corrected chi connectivity index (χ0v) is 26.5. The summed E-state index contributed by atoms with van der Waals surface area (Å²) in [4.78, 5) is 52.2. The topological polar surface area (TPSA) is 168 Å². The number of para-hydroxylation sites is 2. The first kappa shape index (κ1) is 31.1. The molecule has 14 heteroatoms. The van der Waals surface area contributed by atoms with Crippen LogP contribution in [0.4, 0.5) is 0 Å². The van der Waals surface area contributed by atoms with E-state index in [0.717, 1.165) is 4.88 Å². The van der Waals surface area contributed by atoms with Crippen molar-refractivity contribution in [1.29, 1.82) is 0 Å². The van der Waals surface area contributed by atoms with E-state index in [4.69, 9.17) is 14.7 Å². The fraction of sp³-hybridized carbons (Fsp3) is 0.452. The molecule has 2 aliphatic carbocycles. The zero-order valence-electron chi connectivity index (χ0n) is 24.9. The Morgan fingerprint density at radius 2 is 1.87 bits per heavy atom. The molecule has 3 heterocycles. The Morgan fingerprint density at radius 1 is 1.16 bits per heavy atom. The Hall–Kier alpha value is -3.88. The van der Waals surface area contributed by atoms with Crippen molar-refractivity contribution >= 4 is 50.1 Å². The molecule has 3 aliphatic rings. The van der Waals surface area contributed by atoms with E-state index in [1.54, 1.807) is 13.8 Å². The summed E-state index contributed by atoms with van der Waals surface area (Å²) in [6.45, 7) is 7.09. The number of thiophene rings is 1. The van der Waals surface area contributed by atoms with E-state index < -0.39 is 68.6 Å². The maximum absolute atomic E-state index is 13.9. The number of aliphatic hydroxyl groups is 1. The minimum Gasteiger partial charge on any atom is -0.471 e. The Morgan fingerprint density at radius 3 is 2.47 bits per heavy atom. The lowest BCUT2D eigenvalue weighted by atomic mass is 10.1. The smallest absolute Gasteiger partial charge is 0.259 e. The lowest BCUT2D eigenvalue weighted by molar-refractivity contribution is -0.147. The van der Waals surface area contributed by atoms with Crippen LogP contribution in [0.1, 0.15) is 39.5 Å². The van der Waals surface area contributed by atoms with Gasteiger partial charge in [-0.2, -0.15) is 0 Å². The van der Waals surface area contributed by atoms with Crippen molar-refractivity contribution in [3.8, 4) is 16.5 Å². The quantitative estimate of drug-likeness (QED) is 0.263. The number of benzene rings is 1. The summed E-state index contributed by atoms with van der Waals surface area (Å²) in [6.07, 6.45) is 0.581. The van der Waals surface area contributed by atoms with Crippen LogP contribution in [0.2, 0.25) is 0 Å². The number of ether oxygens (including phenoxy) is 1. The number of carbonyl (C=O) groups excluding carboxylic acids is 3. The Balaban J connectivity index is 1.27. The third kappa shape index (κ3) is 6.06. The van der Waals surface area contributed by atoms with Crippen LogP contribution in [0.3, 0.4) is 0 Å². The number of nitrogens with zero attached hydrogens (tertiary/aromatic N) is 3. The molecule has 3 amide bonds. The summed E-state index contributed by atoms with van der Waals surface area (Å²) in [5.74, 6) is -2.80. The van der Waals surface area contributed by atoms with Crippen LogP contribution in [0.15, 0.2) is 54.4 Å². The Labute approximate surface area is 264 Å². The summed E-state index contributed by atoms with van der Waals surface area (Å²) >= 11 is 1.47. The number of fused-ring (bicyclic) bond motifs is 1. The summed E-state index contributed by atoms with van der Waals surface area (Å²) < 4.78 is 33.6. The predicted molar refractivity (Wildman–Crippen MR) is 167 cm³/mol. The number of aliphatic hydroxyl groups excluding tert-OH is 1. The summed E-state index contributed by atoms with van der Waals surface area (Å²) in [6, 6.07) is 10.0. The molecule has 238 valence electrons. The van der Waals surface area contributed by atoms with Crippen molar-refractivity contribution in [3.05, 3.63) is 54.4 Å². The molecule has 3 aromatic rings. The van der Waals surface area contributed by atoms with Crippen LogP contribution in [0.25, 0.3) is 21.6 Å². The molecule has 0 bridgehead atoms. The van der Waals surface area contributed by atoms with Crippen LogP contribution in [-0.2, 0) is 24.4 Å². The number of hydrogen-bond acceptors (Lipinski definition) is 10.